The fourth-order valence-electron chi connectivity index (χ4n) is 2.18. The standard InChI is InChI=1S/C16H13N3O2/c20-16(21)14-8-4-5-12(9-14)11-19-15(10-17-18-19)13-6-2-1-3-7-13/h1-10H,11H2,(H,20,21). The third-order valence-corrected chi connectivity index (χ3v) is 3.19. The molecule has 0 radical (unpaired) electrons. The molecule has 1 heterocycles. The summed E-state index contributed by atoms with van der Waals surface area (Å²) >= 11 is 0. The molecular weight excluding hydrogens is 266 g/mol. The molecule has 0 fully saturated rings. The van der Waals surface area contributed by atoms with Gasteiger partial charge in [0.15, 0.2) is 0 Å². The molecule has 0 amide bonds. The molecule has 0 atom stereocenters. The third-order valence-electron chi connectivity index (χ3n) is 3.19. The largest absolute Gasteiger partial charge is 0.478 e. The Bertz CT molecular complexity index is 766. The third kappa shape index (κ3) is 2.81. The van der Waals surface area contributed by atoms with Gasteiger partial charge in [0.25, 0.3) is 0 Å². The Morgan fingerprint density at radius 1 is 1.10 bits per heavy atom. The second kappa shape index (κ2) is 5.58. The molecule has 0 saturated heterocycles. The maximum absolute atomic E-state index is 11.0. The van der Waals surface area contributed by atoms with Crippen LogP contribution in [0.1, 0.15) is 15.9 Å². The minimum Gasteiger partial charge on any atom is -0.478 e. The topological polar surface area (TPSA) is 68.0 Å². The lowest BCUT2D eigenvalue weighted by Gasteiger charge is -2.07. The summed E-state index contributed by atoms with van der Waals surface area (Å²) in [5.74, 6) is -0.932. The molecule has 0 aliphatic rings. The van der Waals surface area contributed by atoms with Crippen LogP contribution in [0.25, 0.3) is 11.3 Å². The fraction of sp³-hybridized carbons (Fsp3) is 0.0625. The Labute approximate surface area is 121 Å². The normalized spacial score (nSPS) is 10.5. The number of nitrogens with zero attached hydrogens (tertiary/aromatic N) is 3. The lowest BCUT2D eigenvalue weighted by Crippen LogP contribution is -2.05. The van der Waals surface area contributed by atoms with E-state index in [1.165, 1.54) is 0 Å². The monoisotopic (exact) mass is 279 g/mol. The van der Waals surface area contributed by atoms with E-state index in [4.69, 9.17) is 5.11 Å². The highest BCUT2D eigenvalue weighted by Gasteiger charge is 2.08. The highest BCUT2D eigenvalue weighted by atomic mass is 16.4. The van der Waals surface area contributed by atoms with Gasteiger partial charge in [-0.1, -0.05) is 47.7 Å². The van der Waals surface area contributed by atoms with Crippen LogP contribution in [0, 0.1) is 0 Å². The van der Waals surface area contributed by atoms with Crippen LogP contribution in [0.5, 0.6) is 0 Å². The van der Waals surface area contributed by atoms with Crippen molar-refractivity contribution in [3.8, 4) is 11.3 Å². The molecule has 2 aromatic carbocycles. The molecule has 0 bridgehead atoms. The molecule has 0 saturated carbocycles. The van der Waals surface area contributed by atoms with Gasteiger partial charge < -0.3 is 5.11 Å². The second-order valence-electron chi connectivity index (χ2n) is 4.65. The van der Waals surface area contributed by atoms with Gasteiger partial charge in [0, 0.05) is 5.56 Å². The first-order chi connectivity index (χ1) is 10.2. The van der Waals surface area contributed by atoms with Crippen LogP contribution in [-0.2, 0) is 6.54 Å². The van der Waals surface area contributed by atoms with Crippen molar-refractivity contribution < 1.29 is 9.90 Å². The summed E-state index contributed by atoms with van der Waals surface area (Å²) in [7, 11) is 0. The molecule has 0 aliphatic heterocycles. The summed E-state index contributed by atoms with van der Waals surface area (Å²) in [6.07, 6.45) is 1.70. The van der Waals surface area contributed by atoms with Gasteiger partial charge in [-0.2, -0.15) is 0 Å². The molecular formula is C16H13N3O2. The first-order valence-corrected chi connectivity index (χ1v) is 6.50. The number of rotatable bonds is 4. The SMILES string of the molecule is O=C(O)c1cccc(Cn2nncc2-c2ccccc2)c1. The average molecular weight is 279 g/mol. The molecule has 5 heteroatoms. The van der Waals surface area contributed by atoms with Gasteiger partial charge >= 0.3 is 5.97 Å². The van der Waals surface area contributed by atoms with Gasteiger partial charge in [0.1, 0.15) is 0 Å². The van der Waals surface area contributed by atoms with E-state index < -0.39 is 5.97 Å². The number of carbonyl (C=O) groups is 1. The van der Waals surface area contributed by atoms with E-state index in [1.54, 1.807) is 29.1 Å². The van der Waals surface area contributed by atoms with Gasteiger partial charge in [0.2, 0.25) is 0 Å². The molecule has 3 aromatic rings. The number of aromatic carboxylic acids is 1. The molecule has 1 N–H and O–H groups in total. The van der Waals surface area contributed by atoms with Crippen molar-refractivity contribution in [2.75, 3.05) is 0 Å². The van der Waals surface area contributed by atoms with E-state index in [-0.39, 0.29) is 5.56 Å². The zero-order chi connectivity index (χ0) is 14.7. The highest BCUT2D eigenvalue weighted by molar-refractivity contribution is 5.87. The molecule has 0 spiro atoms. The summed E-state index contributed by atoms with van der Waals surface area (Å²) in [6.45, 7) is 0.478. The molecule has 21 heavy (non-hydrogen) atoms. The smallest absolute Gasteiger partial charge is 0.335 e. The minimum atomic E-state index is -0.932. The van der Waals surface area contributed by atoms with E-state index >= 15 is 0 Å². The van der Waals surface area contributed by atoms with Crippen molar-refractivity contribution in [2.45, 2.75) is 6.54 Å². The van der Waals surface area contributed by atoms with E-state index in [1.807, 2.05) is 36.4 Å². The number of carboxylic acids is 1. The lowest BCUT2D eigenvalue weighted by atomic mass is 10.1. The minimum absolute atomic E-state index is 0.272. The Morgan fingerprint density at radius 3 is 2.67 bits per heavy atom. The molecule has 3 rings (SSSR count). The van der Waals surface area contributed by atoms with E-state index in [2.05, 4.69) is 10.3 Å². The summed E-state index contributed by atoms with van der Waals surface area (Å²) in [4.78, 5) is 11.0. The van der Waals surface area contributed by atoms with Crippen molar-refractivity contribution in [3.05, 3.63) is 71.9 Å². The second-order valence-corrected chi connectivity index (χ2v) is 4.65. The van der Waals surface area contributed by atoms with Crippen LogP contribution in [0.2, 0.25) is 0 Å². The zero-order valence-electron chi connectivity index (χ0n) is 11.2. The van der Waals surface area contributed by atoms with Crippen molar-refractivity contribution in [1.82, 2.24) is 15.0 Å². The van der Waals surface area contributed by atoms with Crippen LogP contribution in [0.15, 0.2) is 60.8 Å². The zero-order valence-corrected chi connectivity index (χ0v) is 11.2. The van der Waals surface area contributed by atoms with Crippen LogP contribution in [0.4, 0.5) is 0 Å². The summed E-state index contributed by atoms with van der Waals surface area (Å²) in [6, 6.07) is 16.7. The molecule has 0 unspecified atom stereocenters. The number of carboxylic acid groups (broad SMARTS) is 1. The van der Waals surface area contributed by atoms with Gasteiger partial charge in [0.05, 0.1) is 24.0 Å². The summed E-state index contributed by atoms with van der Waals surface area (Å²) in [5.41, 5.74) is 3.07. The van der Waals surface area contributed by atoms with Gasteiger partial charge in [-0.05, 0) is 17.7 Å². The lowest BCUT2D eigenvalue weighted by molar-refractivity contribution is 0.0696. The van der Waals surface area contributed by atoms with Gasteiger partial charge in [-0.25, -0.2) is 9.48 Å². The predicted molar refractivity (Wildman–Crippen MR) is 78.0 cm³/mol. The Kier molecular flexibility index (Phi) is 3.47. The first-order valence-electron chi connectivity index (χ1n) is 6.50. The van der Waals surface area contributed by atoms with E-state index in [9.17, 15) is 4.79 Å². The van der Waals surface area contributed by atoms with Crippen LogP contribution >= 0.6 is 0 Å². The Hall–Kier alpha value is -2.95. The quantitative estimate of drug-likeness (QED) is 0.797. The number of benzene rings is 2. The Balaban J connectivity index is 1.92. The maximum atomic E-state index is 11.0. The number of hydrogen-bond acceptors (Lipinski definition) is 3. The van der Waals surface area contributed by atoms with E-state index in [0.29, 0.717) is 6.54 Å². The Morgan fingerprint density at radius 2 is 1.90 bits per heavy atom. The molecule has 1 aromatic heterocycles. The van der Waals surface area contributed by atoms with Gasteiger partial charge in [-0.3, -0.25) is 0 Å². The van der Waals surface area contributed by atoms with Crippen LogP contribution in [-0.4, -0.2) is 26.1 Å². The van der Waals surface area contributed by atoms with Crippen LogP contribution < -0.4 is 0 Å². The number of aromatic nitrogens is 3. The maximum Gasteiger partial charge on any atom is 0.335 e. The van der Waals surface area contributed by atoms with Gasteiger partial charge in [-0.15, -0.1) is 5.10 Å². The first kappa shape index (κ1) is 13.1. The van der Waals surface area contributed by atoms with Crippen molar-refractivity contribution >= 4 is 5.97 Å². The van der Waals surface area contributed by atoms with Crippen molar-refractivity contribution in [2.24, 2.45) is 0 Å². The van der Waals surface area contributed by atoms with Crippen LogP contribution in [0.3, 0.4) is 0 Å². The molecule has 0 aliphatic carbocycles. The average Bonchev–Trinajstić information content (AvgIpc) is 2.96. The summed E-state index contributed by atoms with van der Waals surface area (Å²) in [5, 5.41) is 17.1. The molecule has 104 valence electrons. The highest BCUT2D eigenvalue weighted by Crippen LogP contribution is 2.18. The fourth-order valence-corrected chi connectivity index (χ4v) is 2.18. The van der Waals surface area contributed by atoms with Crippen molar-refractivity contribution in [3.63, 3.8) is 0 Å². The van der Waals surface area contributed by atoms with E-state index in [0.717, 1.165) is 16.8 Å². The predicted octanol–water partition coefficient (Wildman–Crippen LogP) is 2.69. The summed E-state index contributed by atoms with van der Waals surface area (Å²) < 4.78 is 1.76. The number of hydrogen-bond donors (Lipinski definition) is 1. The van der Waals surface area contributed by atoms with Crippen molar-refractivity contribution in [1.29, 1.82) is 0 Å². The molecule has 5 nitrogen and oxygen atoms in total.